The van der Waals surface area contributed by atoms with Crippen molar-refractivity contribution in [1.29, 1.82) is 0 Å². The Morgan fingerprint density at radius 1 is 0.971 bits per heavy atom. The fourth-order valence-electron chi connectivity index (χ4n) is 7.48. The van der Waals surface area contributed by atoms with Gasteiger partial charge in [0, 0.05) is 12.7 Å². The Hall–Kier alpha value is -1.01. The van der Waals surface area contributed by atoms with Gasteiger partial charge >= 0.3 is 0 Å². The van der Waals surface area contributed by atoms with E-state index in [4.69, 9.17) is 35.6 Å². The quantitative estimate of drug-likeness (QED) is 0.446. The zero-order valence-electron chi connectivity index (χ0n) is 18.9. The Morgan fingerprint density at radius 2 is 1.65 bits per heavy atom. The molecule has 4 aliphatic carbocycles. The van der Waals surface area contributed by atoms with E-state index >= 15 is 0 Å². The van der Waals surface area contributed by atoms with Crippen LogP contribution in [-0.4, -0.2) is 70.4 Å². The van der Waals surface area contributed by atoms with Crippen molar-refractivity contribution < 1.29 is 44.4 Å². The molecule has 2 heterocycles. The van der Waals surface area contributed by atoms with Gasteiger partial charge in [-0.15, -0.1) is 0 Å². The van der Waals surface area contributed by atoms with Gasteiger partial charge < -0.3 is 34.6 Å². The normalized spacial score (nSPS) is 49.3. The molecule has 2 aliphatic heterocycles. The van der Waals surface area contributed by atoms with E-state index in [9.17, 15) is 20.4 Å². The van der Waals surface area contributed by atoms with Gasteiger partial charge in [-0.1, -0.05) is 23.7 Å². The second-order valence-corrected chi connectivity index (χ2v) is 10.9. The molecule has 4 saturated carbocycles. The van der Waals surface area contributed by atoms with Gasteiger partial charge in [-0.05, 0) is 61.8 Å². The molecule has 1 spiro atoms. The summed E-state index contributed by atoms with van der Waals surface area (Å²) >= 11 is 6.84. The lowest BCUT2D eigenvalue weighted by atomic mass is 9.47. The SMILES string of the molecule is COC1(c2cccc(O[C@@H]3O[C@H](CO)[C@H](O)C(O)C3O)c2Cl)OOC12C1CC3CC(C1)CC2C3. The maximum absolute atomic E-state index is 10.4. The van der Waals surface area contributed by atoms with Crippen LogP contribution in [0.2, 0.25) is 5.02 Å². The number of benzene rings is 1. The molecule has 2 saturated heterocycles. The summed E-state index contributed by atoms with van der Waals surface area (Å²) in [5, 5.41) is 40.2. The summed E-state index contributed by atoms with van der Waals surface area (Å²) in [6.45, 7) is -0.552. The molecule has 10 heteroatoms. The molecule has 34 heavy (non-hydrogen) atoms. The lowest BCUT2D eigenvalue weighted by Crippen LogP contribution is -2.76. The van der Waals surface area contributed by atoms with E-state index < -0.39 is 48.7 Å². The number of halogens is 1. The van der Waals surface area contributed by atoms with Gasteiger partial charge in [-0.3, -0.25) is 0 Å². The lowest BCUT2D eigenvalue weighted by Gasteiger charge is -2.68. The number of ether oxygens (including phenoxy) is 3. The predicted molar refractivity (Wildman–Crippen MR) is 116 cm³/mol. The lowest BCUT2D eigenvalue weighted by molar-refractivity contribution is -0.645. The van der Waals surface area contributed by atoms with E-state index in [1.165, 1.54) is 6.42 Å². The largest absolute Gasteiger partial charge is 0.460 e. The number of hydrogen-bond acceptors (Lipinski definition) is 9. The van der Waals surface area contributed by atoms with Crippen molar-refractivity contribution in [1.82, 2.24) is 0 Å². The average Bonchev–Trinajstić information content (AvgIpc) is 2.81. The van der Waals surface area contributed by atoms with Crippen molar-refractivity contribution in [2.75, 3.05) is 13.7 Å². The molecular formula is C24H31ClO9. The Kier molecular flexibility index (Phi) is 5.68. The highest BCUT2D eigenvalue weighted by atomic mass is 35.5. The molecule has 0 amide bonds. The average molecular weight is 499 g/mol. The summed E-state index contributed by atoms with van der Waals surface area (Å²) in [5.41, 5.74) is -0.0573. The minimum absolute atomic E-state index is 0.189. The molecule has 188 valence electrons. The standard InChI is InChI=1S/C24H31ClO9/c1-30-24(23(33-34-24)13-6-11-5-12(8-13)9-14(23)7-11)15-3-2-4-16(18(15)25)31-22-21(29)20(28)19(27)17(10-26)32-22/h2-4,11-14,17,19-22,26-29H,5-10H2,1H3/t11?,12?,13?,14?,17-,19+,20?,21?,22-,23?,24?/m1/s1. The van der Waals surface area contributed by atoms with Gasteiger partial charge in [-0.25, -0.2) is 4.89 Å². The smallest absolute Gasteiger partial charge is 0.262 e. The molecule has 6 atom stereocenters. The first-order valence-corrected chi connectivity index (χ1v) is 12.4. The van der Waals surface area contributed by atoms with Crippen molar-refractivity contribution in [3.05, 3.63) is 28.8 Å². The Bertz CT molecular complexity index is 909. The highest BCUT2D eigenvalue weighted by Crippen LogP contribution is 2.70. The minimum atomic E-state index is -1.55. The number of aliphatic hydroxyl groups is 4. The molecular weight excluding hydrogens is 468 g/mol. The summed E-state index contributed by atoms with van der Waals surface area (Å²) < 4.78 is 17.4. The number of aliphatic hydroxyl groups excluding tert-OH is 4. The van der Waals surface area contributed by atoms with Gasteiger partial charge in [0.15, 0.2) is 5.60 Å². The van der Waals surface area contributed by atoms with E-state index in [1.54, 1.807) is 19.2 Å². The Morgan fingerprint density at radius 3 is 2.21 bits per heavy atom. The fraction of sp³-hybridized carbons (Fsp3) is 0.750. The second kappa shape index (κ2) is 8.26. The molecule has 0 aromatic heterocycles. The van der Waals surface area contributed by atoms with Crippen LogP contribution in [-0.2, 0) is 25.0 Å². The molecule has 4 bridgehead atoms. The van der Waals surface area contributed by atoms with Crippen molar-refractivity contribution in [2.45, 2.75) is 74.2 Å². The summed E-state index contributed by atoms with van der Waals surface area (Å²) in [4.78, 5) is 11.8. The van der Waals surface area contributed by atoms with Crippen molar-refractivity contribution >= 4 is 11.6 Å². The van der Waals surface area contributed by atoms with E-state index in [0.717, 1.165) is 37.5 Å². The van der Waals surface area contributed by atoms with Crippen molar-refractivity contribution in [3.8, 4) is 5.75 Å². The summed E-state index contributed by atoms with van der Waals surface area (Å²) in [6.07, 6.45) is -1.38. The molecule has 0 radical (unpaired) electrons. The van der Waals surface area contributed by atoms with Crippen LogP contribution in [0.1, 0.15) is 37.7 Å². The Labute approximate surface area is 202 Å². The van der Waals surface area contributed by atoms with E-state index in [0.29, 0.717) is 17.4 Å². The van der Waals surface area contributed by atoms with E-state index in [2.05, 4.69) is 0 Å². The van der Waals surface area contributed by atoms with Gasteiger partial charge in [0.25, 0.3) is 5.79 Å². The first kappa shape index (κ1) is 23.4. The van der Waals surface area contributed by atoms with Crippen LogP contribution in [0.25, 0.3) is 0 Å². The summed E-state index contributed by atoms with van der Waals surface area (Å²) in [5.74, 6) is 1.06. The van der Waals surface area contributed by atoms with Crippen molar-refractivity contribution in [3.63, 3.8) is 0 Å². The highest BCUT2D eigenvalue weighted by Gasteiger charge is 2.77. The van der Waals surface area contributed by atoms with Crippen LogP contribution in [0, 0.1) is 23.7 Å². The zero-order chi connectivity index (χ0) is 23.8. The minimum Gasteiger partial charge on any atom is -0.460 e. The third-order valence-corrected chi connectivity index (χ3v) is 9.25. The second-order valence-electron chi connectivity index (χ2n) is 10.5. The van der Waals surface area contributed by atoms with Gasteiger partial charge in [-0.2, -0.15) is 4.89 Å². The fourth-order valence-corrected chi connectivity index (χ4v) is 7.77. The van der Waals surface area contributed by atoms with Gasteiger partial charge in [0.05, 0.1) is 11.6 Å². The first-order chi connectivity index (χ1) is 16.3. The first-order valence-electron chi connectivity index (χ1n) is 12.0. The maximum atomic E-state index is 10.4. The Balaban J connectivity index is 1.33. The number of hydrogen-bond donors (Lipinski definition) is 4. The van der Waals surface area contributed by atoms with Gasteiger partial charge in [0.1, 0.15) is 30.2 Å². The monoisotopic (exact) mass is 498 g/mol. The van der Waals surface area contributed by atoms with Crippen LogP contribution in [0.3, 0.4) is 0 Å². The van der Waals surface area contributed by atoms with Gasteiger partial charge in [0.2, 0.25) is 6.29 Å². The third kappa shape index (κ3) is 3.02. The highest BCUT2D eigenvalue weighted by molar-refractivity contribution is 6.33. The van der Waals surface area contributed by atoms with E-state index in [-0.39, 0.29) is 10.8 Å². The third-order valence-electron chi connectivity index (χ3n) is 8.86. The van der Waals surface area contributed by atoms with E-state index in [1.807, 2.05) is 6.07 Å². The van der Waals surface area contributed by atoms with Crippen LogP contribution >= 0.6 is 11.6 Å². The molecule has 4 N–H and O–H groups in total. The number of methoxy groups -OCH3 is 1. The topological polar surface area (TPSA) is 127 Å². The van der Waals surface area contributed by atoms with Crippen LogP contribution in [0.4, 0.5) is 0 Å². The predicted octanol–water partition coefficient (Wildman–Crippen LogP) is 1.47. The maximum Gasteiger partial charge on any atom is 0.262 e. The molecule has 1 aromatic carbocycles. The van der Waals surface area contributed by atoms with Crippen LogP contribution in [0.15, 0.2) is 18.2 Å². The zero-order valence-corrected chi connectivity index (χ0v) is 19.6. The molecule has 9 nitrogen and oxygen atoms in total. The molecule has 6 aliphatic rings. The molecule has 6 fully saturated rings. The number of rotatable bonds is 5. The summed E-state index contributed by atoms with van der Waals surface area (Å²) in [7, 11) is 1.59. The van der Waals surface area contributed by atoms with Crippen molar-refractivity contribution in [2.24, 2.45) is 23.7 Å². The molecule has 1 aromatic rings. The molecule has 3 unspecified atom stereocenters. The molecule has 7 rings (SSSR count). The van der Waals surface area contributed by atoms with Crippen LogP contribution < -0.4 is 4.74 Å². The summed E-state index contributed by atoms with van der Waals surface area (Å²) in [6, 6.07) is 5.17. The van der Waals surface area contributed by atoms with Crippen LogP contribution in [0.5, 0.6) is 5.75 Å².